The second kappa shape index (κ2) is 8.06. The lowest BCUT2D eigenvalue weighted by atomic mass is 10.1. The highest BCUT2D eigenvalue weighted by Gasteiger charge is 2.03. The number of hydrogen-bond acceptors (Lipinski definition) is 6. The van der Waals surface area contributed by atoms with Crippen LogP contribution in [-0.2, 0) is 6.61 Å². The summed E-state index contributed by atoms with van der Waals surface area (Å²) in [6, 6.07) is 15.8. The standard InChI is InChI=1S/C19H19N5O2/c1-13-6-5-7-15(10-13)12-26-17-9-4-3-8-16(17)11-20-23-18-14(2)22-24-19(25)21-18/h3-11H,12H2,1-2H3,(H2,21,23,24,25)/b20-11+. The predicted molar refractivity (Wildman–Crippen MR) is 101 cm³/mol. The lowest BCUT2D eigenvalue weighted by Crippen LogP contribution is -2.15. The molecular weight excluding hydrogens is 330 g/mol. The molecular formula is C19H19N5O2. The van der Waals surface area contributed by atoms with Gasteiger partial charge < -0.3 is 4.74 Å². The first-order valence-corrected chi connectivity index (χ1v) is 8.11. The summed E-state index contributed by atoms with van der Waals surface area (Å²) in [7, 11) is 0. The first-order valence-electron chi connectivity index (χ1n) is 8.11. The number of aryl methyl sites for hydroxylation is 2. The SMILES string of the molecule is Cc1cccc(COc2ccccc2/C=N/Nc2nc(=O)[nH]nc2C)c1. The molecule has 7 nitrogen and oxygen atoms in total. The third kappa shape index (κ3) is 4.54. The highest BCUT2D eigenvalue weighted by atomic mass is 16.5. The number of nitrogens with zero attached hydrogens (tertiary/aromatic N) is 3. The molecule has 7 heteroatoms. The molecule has 0 aliphatic carbocycles. The van der Waals surface area contributed by atoms with Crippen molar-refractivity contribution in [3.8, 4) is 5.75 Å². The zero-order chi connectivity index (χ0) is 18.4. The fraction of sp³-hybridized carbons (Fsp3) is 0.158. The van der Waals surface area contributed by atoms with Gasteiger partial charge in [0, 0.05) is 5.56 Å². The Morgan fingerprint density at radius 2 is 2.04 bits per heavy atom. The Hall–Kier alpha value is -3.48. The molecule has 0 bridgehead atoms. The zero-order valence-electron chi connectivity index (χ0n) is 14.6. The Morgan fingerprint density at radius 3 is 2.88 bits per heavy atom. The van der Waals surface area contributed by atoms with Gasteiger partial charge in [-0.05, 0) is 31.5 Å². The number of aromatic nitrogens is 3. The summed E-state index contributed by atoms with van der Waals surface area (Å²) in [6.45, 7) is 4.24. The van der Waals surface area contributed by atoms with Crippen LogP contribution in [-0.4, -0.2) is 21.4 Å². The van der Waals surface area contributed by atoms with Gasteiger partial charge in [-0.25, -0.2) is 9.89 Å². The number of para-hydroxylation sites is 1. The number of benzene rings is 2. The average molecular weight is 349 g/mol. The summed E-state index contributed by atoms with van der Waals surface area (Å²) in [4.78, 5) is 15.0. The van der Waals surface area contributed by atoms with Crippen molar-refractivity contribution in [1.29, 1.82) is 0 Å². The molecule has 0 amide bonds. The molecule has 0 aliphatic rings. The molecule has 3 aromatic rings. The maximum Gasteiger partial charge on any atom is 0.363 e. The number of nitrogens with one attached hydrogen (secondary N) is 2. The third-order valence-corrected chi connectivity index (χ3v) is 3.65. The van der Waals surface area contributed by atoms with E-state index in [4.69, 9.17) is 4.74 Å². The van der Waals surface area contributed by atoms with Crippen LogP contribution < -0.4 is 15.9 Å². The van der Waals surface area contributed by atoms with E-state index < -0.39 is 5.69 Å². The lowest BCUT2D eigenvalue weighted by Gasteiger charge is -2.09. The molecule has 26 heavy (non-hydrogen) atoms. The Balaban J connectivity index is 1.70. The van der Waals surface area contributed by atoms with Gasteiger partial charge in [0.25, 0.3) is 0 Å². The number of hydrogen-bond donors (Lipinski definition) is 2. The minimum Gasteiger partial charge on any atom is -0.488 e. The van der Waals surface area contributed by atoms with Gasteiger partial charge in [0.15, 0.2) is 5.82 Å². The molecule has 0 atom stereocenters. The fourth-order valence-electron chi connectivity index (χ4n) is 2.34. The minimum absolute atomic E-state index is 0.308. The number of anilines is 1. The topological polar surface area (TPSA) is 92.3 Å². The first kappa shape index (κ1) is 17.3. The molecule has 0 spiro atoms. The molecule has 0 saturated heterocycles. The minimum atomic E-state index is -0.532. The molecule has 3 rings (SSSR count). The average Bonchev–Trinajstić information content (AvgIpc) is 2.64. The molecule has 0 aliphatic heterocycles. The molecule has 0 radical (unpaired) electrons. The maximum atomic E-state index is 11.2. The van der Waals surface area contributed by atoms with E-state index in [1.807, 2.05) is 36.4 Å². The fourth-order valence-corrected chi connectivity index (χ4v) is 2.34. The molecule has 0 fully saturated rings. The van der Waals surface area contributed by atoms with Crippen LogP contribution in [0.4, 0.5) is 5.82 Å². The maximum absolute atomic E-state index is 11.2. The van der Waals surface area contributed by atoms with Crippen LogP contribution >= 0.6 is 0 Å². The van der Waals surface area contributed by atoms with Gasteiger partial charge in [-0.15, -0.1) is 0 Å². The van der Waals surface area contributed by atoms with Crippen molar-refractivity contribution in [2.45, 2.75) is 20.5 Å². The normalized spacial score (nSPS) is 10.8. The number of aromatic amines is 1. The van der Waals surface area contributed by atoms with Crippen molar-refractivity contribution < 1.29 is 4.74 Å². The van der Waals surface area contributed by atoms with Crippen LogP contribution in [0.25, 0.3) is 0 Å². The van der Waals surface area contributed by atoms with Crippen LogP contribution in [0.15, 0.2) is 58.4 Å². The van der Waals surface area contributed by atoms with E-state index in [1.165, 1.54) is 5.56 Å². The van der Waals surface area contributed by atoms with E-state index >= 15 is 0 Å². The zero-order valence-corrected chi connectivity index (χ0v) is 14.6. The van der Waals surface area contributed by atoms with Gasteiger partial charge in [0.2, 0.25) is 0 Å². The van der Waals surface area contributed by atoms with Gasteiger partial charge in [-0.1, -0.05) is 42.0 Å². The van der Waals surface area contributed by atoms with Gasteiger partial charge >= 0.3 is 5.69 Å². The Morgan fingerprint density at radius 1 is 1.19 bits per heavy atom. The van der Waals surface area contributed by atoms with Crippen LogP contribution in [0, 0.1) is 13.8 Å². The van der Waals surface area contributed by atoms with Crippen molar-refractivity contribution in [2.75, 3.05) is 5.43 Å². The number of ether oxygens (including phenoxy) is 1. The lowest BCUT2D eigenvalue weighted by molar-refractivity contribution is 0.305. The monoisotopic (exact) mass is 349 g/mol. The highest BCUT2D eigenvalue weighted by molar-refractivity contribution is 5.83. The van der Waals surface area contributed by atoms with E-state index in [-0.39, 0.29) is 0 Å². The number of H-pyrrole nitrogens is 1. The van der Waals surface area contributed by atoms with Gasteiger partial charge in [-0.2, -0.15) is 15.2 Å². The van der Waals surface area contributed by atoms with Crippen molar-refractivity contribution in [2.24, 2.45) is 5.10 Å². The van der Waals surface area contributed by atoms with Crippen LogP contribution in [0.1, 0.15) is 22.4 Å². The second-order valence-corrected chi connectivity index (χ2v) is 5.76. The Labute approximate surface area is 150 Å². The molecule has 1 aromatic heterocycles. The molecule has 0 saturated carbocycles. The van der Waals surface area contributed by atoms with E-state index in [0.29, 0.717) is 23.9 Å². The van der Waals surface area contributed by atoms with Crippen LogP contribution in [0.2, 0.25) is 0 Å². The highest BCUT2D eigenvalue weighted by Crippen LogP contribution is 2.18. The van der Waals surface area contributed by atoms with E-state index in [0.717, 1.165) is 11.1 Å². The quantitative estimate of drug-likeness (QED) is 0.527. The molecule has 2 aromatic carbocycles. The van der Waals surface area contributed by atoms with Crippen molar-refractivity contribution in [3.05, 3.63) is 81.4 Å². The summed E-state index contributed by atoms with van der Waals surface area (Å²) in [6.07, 6.45) is 1.62. The number of rotatable bonds is 6. The smallest absolute Gasteiger partial charge is 0.363 e. The van der Waals surface area contributed by atoms with Crippen molar-refractivity contribution >= 4 is 12.0 Å². The van der Waals surface area contributed by atoms with Gasteiger partial charge in [-0.3, -0.25) is 5.43 Å². The molecule has 1 heterocycles. The Bertz CT molecular complexity index is 981. The predicted octanol–water partition coefficient (Wildman–Crippen LogP) is 2.81. The van der Waals surface area contributed by atoms with Crippen molar-refractivity contribution in [1.82, 2.24) is 15.2 Å². The summed E-state index contributed by atoms with van der Waals surface area (Å²) in [5, 5.41) is 10.2. The number of hydrazone groups is 1. The van der Waals surface area contributed by atoms with Gasteiger partial charge in [0.05, 0.1) is 6.21 Å². The molecule has 132 valence electrons. The summed E-state index contributed by atoms with van der Waals surface area (Å²) in [5.74, 6) is 1.02. The molecule has 0 unspecified atom stereocenters. The van der Waals surface area contributed by atoms with E-state index in [9.17, 15) is 4.79 Å². The largest absolute Gasteiger partial charge is 0.488 e. The van der Waals surface area contributed by atoms with E-state index in [2.05, 4.69) is 44.8 Å². The molecule has 2 N–H and O–H groups in total. The second-order valence-electron chi connectivity index (χ2n) is 5.76. The first-order chi connectivity index (χ1) is 12.6. The summed E-state index contributed by atoms with van der Waals surface area (Å²) in [5.41, 5.74) is 5.85. The van der Waals surface area contributed by atoms with E-state index in [1.54, 1.807) is 13.1 Å². The summed E-state index contributed by atoms with van der Waals surface area (Å²) < 4.78 is 5.92. The summed E-state index contributed by atoms with van der Waals surface area (Å²) >= 11 is 0. The van der Waals surface area contributed by atoms with Crippen LogP contribution in [0.3, 0.4) is 0 Å². The van der Waals surface area contributed by atoms with Crippen molar-refractivity contribution in [3.63, 3.8) is 0 Å². The third-order valence-electron chi connectivity index (χ3n) is 3.65. The Kier molecular flexibility index (Phi) is 5.38. The van der Waals surface area contributed by atoms with Crippen LogP contribution in [0.5, 0.6) is 5.75 Å². The van der Waals surface area contributed by atoms with Gasteiger partial charge in [0.1, 0.15) is 18.1 Å².